The molecule has 3 aromatic rings. The first-order valence-corrected chi connectivity index (χ1v) is 9.96. The van der Waals surface area contributed by atoms with Crippen LogP contribution in [0.4, 0.5) is 13.2 Å². The minimum Gasteiger partial charge on any atom is -0.478 e. The van der Waals surface area contributed by atoms with Crippen LogP contribution < -0.4 is 4.74 Å². The molecule has 2 heterocycles. The van der Waals surface area contributed by atoms with E-state index in [0.29, 0.717) is 42.2 Å². The summed E-state index contributed by atoms with van der Waals surface area (Å²) >= 11 is 0. The molecule has 0 spiro atoms. The summed E-state index contributed by atoms with van der Waals surface area (Å²) in [6.07, 6.45) is 3.44. The smallest absolute Gasteiger partial charge is 0.213 e. The van der Waals surface area contributed by atoms with E-state index in [-0.39, 0.29) is 5.56 Å². The standard InChI is InChI=1S/C24H21F3N2O/c1-2-12-30-23-11-7-16(14-28-23)15-6-8-17(20(27)13-15)21-9-10-22(29-21)24-18(25)4-3-5-19(24)26/h3-8,11,13-14,21H,2,9-10,12H2,1H3/t21-/m1/s1. The van der Waals surface area contributed by atoms with E-state index in [2.05, 4.69) is 9.98 Å². The highest BCUT2D eigenvalue weighted by Crippen LogP contribution is 2.35. The average Bonchev–Trinajstić information content (AvgIpc) is 3.22. The predicted octanol–water partition coefficient (Wildman–Crippen LogP) is 6.28. The normalized spacial score (nSPS) is 15.9. The van der Waals surface area contributed by atoms with Gasteiger partial charge < -0.3 is 4.74 Å². The van der Waals surface area contributed by atoms with Crippen molar-refractivity contribution >= 4 is 5.71 Å². The SMILES string of the molecule is CCCOc1ccc(-c2ccc([C@H]3CCC(c4c(F)cccc4F)=N3)c(F)c2)cn1. The molecule has 1 aromatic heterocycles. The number of benzene rings is 2. The summed E-state index contributed by atoms with van der Waals surface area (Å²) in [4.78, 5) is 8.67. The lowest BCUT2D eigenvalue weighted by molar-refractivity contribution is 0.305. The van der Waals surface area contributed by atoms with Crippen LogP contribution in [0.5, 0.6) is 5.88 Å². The number of hydrogen-bond donors (Lipinski definition) is 0. The Hall–Kier alpha value is -3.15. The van der Waals surface area contributed by atoms with Crippen molar-refractivity contribution in [3.63, 3.8) is 0 Å². The second-order valence-corrected chi connectivity index (χ2v) is 7.20. The van der Waals surface area contributed by atoms with E-state index in [1.54, 1.807) is 24.4 Å². The van der Waals surface area contributed by atoms with Gasteiger partial charge in [0.1, 0.15) is 17.5 Å². The van der Waals surface area contributed by atoms with Crippen molar-refractivity contribution in [1.29, 1.82) is 0 Å². The molecule has 1 atom stereocenters. The number of aliphatic imine (C=N–C) groups is 1. The summed E-state index contributed by atoms with van der Waals surface area (Å²) < 4.78 is 48.4. The van der Waals surface area contributed by atoms with Gasteiger partial charge in [0.15, 0.2) is 0 Å². The minimum atomic E-state index is -0.649. The van der Waals surface area contributed by atoms with E-state index in [1.807, 2.05) is 13.0 Å². The Labute approximate surface area is 173 Å². The second-order valence-electron chi connectivity index (χ2n) is 7.20. The summed E-state index contributed by atoms with van der Waals surface area (Å²) in [6, 6.07) is 11.8. The van der Waals surface area contributed by atoms with Crippen molar-refractivity contribution in [3.05, 3.63) is 83.3 Å². The van der Waals surface area contributed by atoms with E-state index in [0.717, 1.165) is 12.0 Å². The van der Waals surface area contributed by atoms with Crippen LogP contribution in [0, 0.1) is 17.5 Å². The lowest BCUT2D eigenvalue weighted by atomic mass is 9.99. The highest BCUT2D eigenvalue weighted by atomic mass is 19.1. The van der Waals surface area contributed by atoms with Gasteiger partial charge in [0.2, 0.25) is 5.88 Å². The van der Waals surface area contributed by atoms with Gasteiger partial charge in [-0.15, -0.1) is 0 Å². The molecular weight excluding hydrogens is 389 g/mol. The highest BCUT2D eigenvalue weighted by molar-refractivity contribution is 6.02. The molecule has 2 aromatic carbocycles. The third kappa shape index (κ3) is 4.08. The fourth-order valence-corrected chi connectivity index (χ4v) is 3.60. The minimum absolute atomic E-state index is 0.117. The number of nitrogens with zero attached hydrogens (tertiary/aromatic N) is 2. The molecule has 0 aliphatic carbocycles. The summed E-state index contributed by atoms with van der Waals surface area (Å²) in [5, 5.41) is 0. The number of pyridine rings is 1. The Bertz CT molecular complexity index is 1060. The fourth-order valence-electron chi connectivity index (χ4n) is 3.60. The average molecular weight is 410 g/mol. The van der Waals surface area contributed by atoms with Crippen molar-refractivity contribution in [2.75, 3.05) is 6.61 Å². The van der Waals surface area contributed by atoms with Crippen molar-refractivity contribution in [2.24, 2.45) is 4.99 Å². The Morgan fingerprint density at radius 2 is 1.73 bits per heavy atom. The highest BCUT2D eigenvalue weighted by Gasteiger charge is 2.26. The molecule has 0 fully saturated rings. The van der Waals surface area contributed by atoms with Gasteiger partial charge >= 0.3 is 0 Å². The van der Waals surface area contributed by atoms with Crippen molar-refractivity contribution in [3.8, 4) is 17.0 Å². The molecule has 1 aliphatic rings. The molecule has 0 amide bonds. The summed E-state index contributed by atoms with van der Waals surface area (Å²) in [5.41, 5.74) is 2.10. The molecule has 3 nitrogen and oxygen atoms in total. The van der Waals surface area contributed by atoms with Gasteiger partial charge in [0, 0.05) is 29.1 Å². The van der Waals surface area contributed by atoms with Crippen LogP contribution >= 0.6 is 0 Å². The lowest BCUT2D eigenvalue weighted by Crippen LogP contribution is -2.03. The zero-order valence-electron chi connectivity index (χ0n) is 16.5. The van der Waals surface area contributed by atoms with E-state index in [9.17, 15) is 13.2 Å². The van der Waals surface area contributed by atoms with E-state index in [4.69, 9.17) is 4.74 Å². The Balaban J connectivity index is 1.56. The third-order valence-corrected chi connectivity index (χ3v) is 5.10. The van der Waals surface area contributed by atoms with Gasteiger partial charge in [-0.05, 0) is 49.1 Å². The Kier molecular flexibility index (Phi) is 5.84. The van der Waals surface area contributed by atoms with Crippen molar-refractivity contribution in [1.82, 2.24) is 4.98 Å². The van der Waals surface area contributed by atoms with Gasteiger partial charge in [-0.2, -0.15) is 0 Å². The summed E-state index contributed by atoms with van der Waals surface area (Å²) in [7, 11) is 0. The molecule has 0 radical (unpaired) electrons. The maximum absolute atomic E-state index is 14.9. The van der Waals surface area contributed by atoms with Crippen LogP contribution in [0.15, 0.2) is 59.7 Å². The van der Waals surface area contributed by atoms with Crippen LogP contribution in [-0.4, -0.2) is 17.3 Å². The number of halogens is 3. The van der Waals surface area contributed by atoms with Crippen LogP contribution in [0.3, 0.4) is 0 Å². The molecule has 30 heavy (non-hydrogen) atoms. The second kappa shape index (κ2) is 8.69. The van der Waals surface area contributed by atoms with E-state index >= 15 is 0 Å². The van der Waals surface area contributed by atoms with Crippen LogP contribution in [0.2, 0.25) is 0 Å². The van der Waals surface area contributed by atoms with Gasteiger partial charge in [-0.25, -0.2) is 18.2 Å². The molecule has 6 heteroatoms. The molecule has 0 N–H and O–H groups in total. The maximum atomic E-state index is 14.9. The quantitative estimate of drug-likeness (QED) is 0.479. The van der Waals surface area contributed by atoms with E-state index < -0.39 is 23.5 Å². The first-order chi connectivity index (χ1) is 14.6. The number of hydrogen-bond acceptors (Lipinski definition) is 3. The van der Waals surface area contributed by atoms with Crippen molar-refractivity contribution in [2.45, 2.75) is 32.2 Å². The lowest BCUT2D eigenvalue weighted by Gasteiger charge is -2.11. The molecule has 0 saturated carbocycles. The topological polar surface area (TPSA) is 34.5 Å². The number of ether oxygens (including phenoxy) is 1. The molecule has 0 unspecified atom stereocenters. The Morgan fingerprint density at radius 3 is 2.40 bits per heavy atom. The molecule has 4 rings (SSSR count). The zero-order valence-corrected chi connectivity index (χ0v) is 16.5. The van der Waals surface area contributed by atoms with Gasteiger partial charge in [0.25, 0.3) is 0 Å². The molecular formula is C24H21F3N2O. The summed E-state index contributed by atoms with van der Waals surface area (Å²) in [6.45, 7) is 2.61. The Morgan fingerprint density at radius 1 is 0.967 bits per heavy atom. The van der Waals surface area contributed by atoms with Gasteiger partial charge in [-0.3, -0.25) is 4.99 Å². The fraction of sp³-hybridized carbons (Fsp3) is 0.250. The van der Waals surface area contributed by atoms with Crippen LogP contribution in [0.1, 0.15) is 43.4 Å². The predicted molar refractivity (Wildman–Crippen MR) is 110 cm³/mol. The largest absolute Gasteiger partial charge is 0.478 e. The van der Waals surface area contributed by atoms with E-state index in [1.165, 1.54) is 24.3 Å². The maximum Gasteiger partial charge on any atom is 0.213 e. The summed E-state index contributed by atoms with van der Waals surface area (Å²) in [5.74, 6) is -1.16. The van der Waals surface area contributed by atoms with Gasteiger partial charge in [-0.1, -0.05) is 25.1 Å². The van der Waals surface area contributed by atoms with Crippen LogP contribution in [0.25, 0.3) is 11.1 Å². The molecule has 0 saturated heterocycles. The number of rotatable bonds is 6. The first kappa shape index (κ1) is 20.1. The first-order valence-electron chi connectivity index (χ1n) is 9.96. The van der Waals surface area contributed by atoms with Gasteiger partial charge in [0.05, 0.1) is 18.2 Å². The molecule has 0 bridgehead atoms. The van der Waals surface area contributed by atoms with Crippen molar-refractivity contribution < 1.29 is 17.9 Å². The molecule has 1 aliphatic heterocycles. The third-order valence-electron chi connectivity index (χ3n) is 5.10. The van der Waals surface area contributed by atoms with Crippen LogP contribution in [-0.2, 0) is 0 Å². The monoisotopic (exact) mass is 410 g/mol. The molecule has 154 valence electrons. The number of aromatic nitrogens is 1. The zero-order chi connectivity index (χ0) is 21.1.